The molecular weight excluding hydrogens is 216 g/mol. The van der Waals surface area contributed by atoms with Crippen LogP contribution >= 0.6 is 22.7 Å². The van der Waals surface area contributed by atoms with Gasteiger partial charge < -0.3 is 5.32 Å². The lowest BCUT2D eigenvalue weighted by Gasteiger charge is -1.96. The molecule has 0 radical (unpaired) electrons. The largest absolute Gasteiger partial charge is 0.354 e. The lowest BCUT2D eigenvalue weighted by molar-refractivity contribution is 1.02. The van der Waals surface area contributed by atoms with Crippen molar-refractivity contribution in [2.45, 2.75) is 20.4 Å². The van der Waals surface area contributed by atoms with Gasteiger partial charge in [-0.2, -0.15) is 0 Å². The summed E-state index contributed by atoms with van der Waals surface area (Å²) in [5.41, 5.74) is 0. The monoisotopic (exact) mass is 226 g/mol. The quantitative estimate of drug-likeness (QED) is 0.872. The lowest BCUT2D eigenvalue weighted by atomic mass is 10.6. The zero-order valence-electron chi connectivity index (χ0n) is 7.94. The molecule has 0 spiro atoms. The number of nitrogens with one attached hydrogen (secondary N) is 1. The maximum Gasteiger partial charge on any atom is 0.206 e. The molecule has 2 heterocycles. The van der Waals surface area contributed by atoms with E-state index in [9.17, 15) is 0 Å². The molecule has 0 fully saturated rings. The SMILES string of the molecule is Cc1cnc(CNc2nnc(C)s2)s1. The Morgan fingerprint density at radius 2 is 2.14 bits per heavy atom. The van der Waals surface area contributed by atoms with E-state index in [1.807, 2.05) is 13.1 Å². The third-order valence-electron chi connectivity index (χ3n) is 1.59. The van der Waals surface area contributed by atoms with Crippen molar-refractivity contribution in [3.63, 3.8) is 0 Å². The second kappa shape index (κ2) is 4.02. The molecule has 0 aliphatic rings. The Balaban J connectivity index is 1.94. The van der Waals surface area contributed by atoms with Crippen LogP contribution in [0.5, 0.6) is 0 Å². The lowest BCUT2D eigenvalue weighted by Crippen LogP contribution is -1.97. The number of hydrogen-bond donors (Lipinski definition) is 1. The van der Waals surface area contributed by atoms with Crippen LogP contribution in [-0.4, -0.2) is 15.2 Å². The molecule has 0 unspecified atom stereocenters. The van der Waals surface area contributed by atoms with Gasteiger partial charge in [0.25, 0.3) is 0 Å². The second-order valence-corrected chi connectivity index (χ2v) is 5.35. The molecule has 2 rings (SSSR count). The maximum absolute atomic E-state index is 4.25. The summed E-state index contributed by atoms with van der Waals surface area (Å²) in [6.07, 6.45) is 1.88. The summed E-state index contributed by atoms with van der Waals surface area (Å²) in [7, 11) is 0. The van der Waals surface area contributed by atoms with Crippen molar-refractivity contribution in [2.75, 3.05) is 5.32 Å². The van der Waals surface area contributed by atoms with Crippen molar-refractivity contribution in [1.29, 1.82) is 0 Å². The van der Waals surface area contributed by atoms with Crippen molar-refractivity contribution in [1.82, 2.24) is 15.2 Å². The summed E-state index contributed by atoms with van der Waals surface area (Å²) in [4.78, 5) is 5.48. The summed E-state index contributed by atoms with van der Waals surface area (Å²) in [5.74, 6) is 0. The fraction of sp³-hybridized carbons (Fsp3) is 0.375. The molecule has 0 aromatic carbocycles. The van der Waals surface area contributed by atoms with Crippen LogP contribution in [0.15, 0.2) is 6.20 Å². The smallest absolute Gasteiger partial charge is 0.206 e. The first-order chi connectivity index (χ1) is 6.74. The molecule has 4 nitrogen and oxygen atoms in total. The maximum atomic E-state index is 4.25. The van der Waals surface area contributed by atoms with Gasteiger partial charge in [0, 0.05) is 11.1 Å². The molecule has 14 heavy (non-hydrogen) atoms. The molecule has 0 aliphatic heterocycles. The van der Waals surface area contributed by atoms with Gasteiger partial charge in [-0.05, 0) is 13.8 Å². The van der Waals surface area contributed by atoms with E-state index >= 15 is 0 Å². The number of aromatic nitrogens is 3. The summed E-state index contributed by atoms with van der Waals surface area (Å²) < 4.78 is 0. The number of rotatable bonds is 3. The number of anilines is 1. The van der Waals surface area contributed by atoms with Crippen LogP contribution in [0.25, 0.3) is 0 Å². The van der Waals surface area contributed by atoms with Crippen LogP contribution in [0, 0.1) is 13.8 Å². The van der Waals surface area contributed by atoms with Gasteiger partial charge >= 0.3 is 0 Å². The Kier molecular flexibility index (Phi) is 2.74. The first-order valence-electron chi connectivity index (χ1n) is 4.19. The minimum absolute atomic E-state index is 0.729. The van der Waals surface area contributed by atoms with E-state index in [1.165, 1.54) is 4.88 Å². The first kappa shape index (κ1) is 9.54. The molecule has 6 heteroatoms. The van der Waals surface area contributed by atoms with E-state index in [0.717, 1.165) is 21.7 Å². The highest BCUT2D eigenvalue weighted by Gasteiger charge is 2.01. The van der Waals surface area contributed by atoms with E-state index in [2.05, 4.69) is 27.4 Å². The van der Waals surface area contributed by atoms with E-state index in [1.54, 1.807) is 22.7 Å². The zero-order valence-corrected chi connectivity index (χ0v) is 9.58. The normalized spacial score (nSPS) is 10.4. The van der Waals surface area contributed by atoms with Gasteiger partial charge in [0.1, 0.15) is 10.0 Å². The van der Waals surface area contributed by atoms with E-state index in [-0.39, 0.29) is 0 Å². The summed E-state index contributed by atoms with van der Waals surface area (Å²) in [5, 5.41) is 14.0. The molecule has 0 saturated carbocycles. The molecule has 2 aromatic heterocycles. The Hall–Kier alpha value is -1.01. The molecule has 0 saturated heterocycles. The molecule has 74 valence electrons. The zero-order chi connectivity index (χ0) is 9.97. The van der Waals surface area contributed by atoms with E-state index in [4.69, 9.17) is 0 Å². The average Bonchev–Trinajstić information content (AvgIpc) is 2.72. The molecule has 0 atom stereocenters. The predicted octanol–water partition coefficient (Wildman–Crippen LogP) is 2.22. The minimum atomic E-state index is 0.729. The van der Waals surface area contributed by atoms with Crippen LogP contribution in [0.4, 0.5) is 5.13 Å². The topological polar surface area (TPSA) is 50.7 Å². The number of nitrogens with zero attached hydrogens (tertiary/aromatic N) is 3. The van der Waals surface area contributed by atoms with Crippen molar-refractivity contribution in [3.8, 4) is 0 Å². The van der Waals surface area contributed by atoms with Gasteiger partial charge in [-0.15, -0.1) is 21.5 Å². The Labute approximate surface area is 90.0 Å². The predicted molar refractivity (Wildman–Crippen MR) is 58.8 cm³/mol. The standard InChI is InChI=1S/C8H10N4S2/c1-5-3-9-7(13-5)4-10-8-12-11-6(2)14-8/h3H,4H2,1-2H3,(H,10,12). The summed E-state index contributed by atoms with van der Waals surface area (Å²) in [6, 6.07) is 0. The number of thiazole rings is 1. The molecule has 0 aliphatic carbocycles. The van der Waals surface area contributed by atoms with Crippen molar-refractivity contribution >= 4 is 27.8 Å². The fourth-order valence-corrected chi connectivity index (χ4v) is 2.32. The summed E-state index contributed by atoms with van der Waals surface area (Å²) >= 11 is 3.25. The molecule has 1 N–H and O–H groups in total. The van der Waals surface area contributed by atoms with Gasteiger partial charge in [-0.25, -0.2) is 4.98 Å². The highest BCUT2D eigenvalue weighted by molar-refractivity contribution is 7.15. The highest BCUT2D eigenvalue weighted by Crippen LogP contribution is 2.16. The van der Waals surface area contributed by atoms with E-state index in [0.29, 0.717) is 0 Å². The third-order valence-corrected chi connectivity index (χ3v) is 3.30. The van der Waals surface area contributed by atoms with Crippen molar-refractivity contribution in [3.05, 3.63) is 21.1 Å². The molecular formula is C8H10N4S2. The van der Waals surface area contributed by atoms with Gasteiger partial charge in [0.05, 0.1) is 6.54 Å². The van der Waals surface area contributed by atoms with Crippen LogP contribution < -0.4 is 5.32 Å². The Bertz CT molecular complexity index is 380. The van der Waals surface area contributed by atoms with Crippen LogP contribution in [-0.2, 0) is 6.54 Å². The van der Waals surface area contributed by atoms with Crippen molar-refractivity contribution in [2.24, 2.45) is 0 Å². The summed E-state index contributed by atoms with van der Waals surface area (Å²) in [6.45, 7) is 4.72. The Morgan fingerprint density at radius 3 is 2.71 bits per heavy atom. The van der Waals surface area contributed by atoms with Crippen molar-refractivity contribution < 1.29 is 0 Å². The highest BCUT2D eigenvalue weighted by atomic mass is 32.1. The van der Waals surface area contributed by atoms with Gasteiger partial charge in [-0.1, -0.05) is 11.3 Å². The average molecular weight is 226 g/mol. The van der Waals surface area contributed by atoms with Gasteiger partial charge in [0.2, 0.25) is 5.13 Å². The van der Waals surface area contributed by atoms with Crippen LogP contribution in [0.3, 0.4) is 0 Å². The van der Waals surface area contributed by atoms with Gasteiger partial charge in [-0.3, -0.25) is 0 Å². The molecule has 0 bridgehead atoms. The second-order valence-electron chi connectivity index (χ2n) is 2.84. The number of hydrogen-bond acceptors (Lipinski definition) is 6. The third kappa shape index (κ3) is 2.27. The number of aryl methyl sites for hydroxylation is 2. The van der Waals surface area contributed by atoms with Crippen LogP contribution in [0.1, 0.15) is 14.9 Å². The minimum Gasteiger partial charge on any atom is -0.354 e. The van der Waals surface area contributed by atoms with Crippen LogP contribution in [0.2, 0.25) is 0 Å². The van der Waals surface area contributed by atoms with E-state index < -0.39 is 0 Å². The Morgan fingerprint density at radius 1 is 1.29 bits per heavy atom. The molecule has 2 aromatic rings. The first-order valence-corrected chi connectivity index (χ1v) is 5.82. The fourth-order valence-electron chi connectivity index (χ4n) is 1.00. The van der Waals surface area contributed by atoms with Gasteiger partial charge in [0.15, 0.2) is 0 Å². The molecule has 0 amide bonds.